The molecule has 0 aliphatic carbocycles. The molecule has 1 aliphatic heterocycles. The van der Waals surface area contributed by atoms with E-state index < -0.39 is 0 Å². The van der Waals surface area contributed by atoms with Crippen LogP contribution in [0.3, 0.4) is 0 Å². The van der Waals surface area contributed by atoms with Gasteiger partial charge in [-0.1, -0.05) is 7.43 Å². The summed E-state index contributed by atoms with van der Waals surface area (Å²) in [5, 5.41) is 15.2. The van der Waals surface area contributed by atoms with Crippen LogP contribution in [0.1, 0.15) is 20.3 Å². The Morgan fingerprint density at radius 3 is 2.08 bits per heavy atom. The summed E-state index contributed by atoms with van der Waals surface area (Å²) in [4.78, 5) is 0. The van der Waals surface area contributed by atoms with E-state index in [0.29, 0.717) is 6.04 Å². The second-order valence-electron chi connectivity index (χ2n) is 2.42. The molecule has 1 aliphatic rings. The molecule has 1 unspecified atom stereocenters. The van der Waals surface area contributed by atoms with Gasteiger partial charge in [0, 0.05) is 12.6 Å². The zero-order valence-electron chi connectivity index (χ0n) is 6.70. The first-order valence-corrected chi connectivity index (χ1v) is 3.86. The molecule has 0 radical (unpaired) electrons. The Balaban J connectivity index is 0. The van der Waals surface area contributed by atoms with Gasteiger partial charge in [0.05, 0.1) is 19.8 Å². The van der Waals surface area contributed by atoms with E-state index in [2.05, 4.69) is 0 Å². The van der Waals surface area contributed by atoms with Gasteiger partial charge in [-0.2, -0.15) is 0 Å². The molecule has 1 heterocycles. The monoisotopic (exact) mass is 179 g/mol. The molecule has 0 aromatic rings. The van der Waals surface area contributed by atoms with Crippen LogP contribution in [-0.4, -0.2) is 42.7 Å². The highest BCUT2D eigenvalue weighted by atomic mass is 16.5. The van der Waals surface area contributed by atoms with Gasteiger partial charge < -0.3 is 20.7 Å². The van der Waals surface area contributed by atoms with Gasteiger partial charge in [-0.25, -0.2) is 0 Å². The third-order valence-corrected chi connectivity index (χ3v) is 1.30. The van der Waals surface area contributed by atoms with Crippen molar-refractivity contribution in [2.45, 2.75) is 26.3 Å². The minimum Gasteiger partial charge on any atom is -0.394 e. The van der Waals surface area contributed by atoms with Crippen molar-refractivity contribution in [3.8, 4) is 0 Å². The number of nitrogens with two attached hydrogens (primary N) is 1. The summed E-state index contributed by atoms with van der Waals surface area (Å²) in [6.07, 6.45) is 2.28. The highest BCUT2D eigenvalue weighted by molar-refractivity contribution is 4.63. The van der Waals surface area contributed by atoms with Crippen LogP contribution in [0.2, 0.25) is 0 Å². The lowest BCUT2D eigenvalue weighted by molar-refractivity contribution is 0.0822. The van der Waals surface area contributed by atoms with Crippen molar-refractivity contribution in [1.29, 1.82) is 0 Å². The Morgan fingerprint density at radius 1 is 1.33 bits per heavy atom. The van der Waals surface area contributed by atoms with Crippen LogP contribution in [0.25, 0.3) is 0 Å². The SMILES string of the molecule is C.NC1CCCOC1.OCCO. The average molecular weight is 179 g/mol. The van der Waals surface area contributed by atoms with Gasteiger partial charge in [-0.05, 0) is 12.8 Å². The summed E-state index contributed by atoms with van der Waals surface area (Å²) in [5.74, 6) is 0. The second-order valence-corrected chi connectivity index (χ2v) is 2.42. The maximum atomic E-state index is 7.62. The van der Waals surface area contributed by atoms with Crippen molar-refractivity contribution in [2.75, 3.05) is 26.4 Å². The van der Waals surface area contributed by atoms with Crippen molar-refractivity contribution < 1.29 is 14.9 Å². The molecule has 4 N–H and O–H groups in total. The minimum absolute atomic E-state index is 0. The van der Waals surface area contributed by atoms with Crippen LogP contribution >= 0.6 is 0 Å². The molecule has 0 amide bonds. The second kappa shape index (κ2) is 10.8. The fourth-order valence-electron chi connectivity index (χ4n) is 0.766. The lowest BCUT2D eigenvalue weighted by Gasteiger charge is -2.16. The fourth-order valence-corrected chi connectivity index (χ4v) is 0.766. The van der Waals surface area contributed by atoms with Crippen molar-refractivity contribution in [2.24, 2.45) is 5.73 Å². The highest BCUT2D eigenvalue weighted by Gasteiger charge is 2.06. The first kappa shape index (κ1) is 14.4. The molecule has 4 nitrogen and oxygen atoms in total. The summed E-state index contributed by atoms with van der Waals surface area (Å²) in [6.45, 7) is 1.42. The summed E-state index contributed by atoms with van der Waals surface area (Å²) >= 11 is 0. The molecular formula is C8H21NO3. The number of rotatable bonds is 1. The Hall–Kier alpha value is -0.160. The van der Waals surface area contributed by atoms with E-state index in [-0.39, 0.29) is 20.6 Å². The first-order chi connectivity index (χ1) is 5.31. The summed E-state index contributed by atoms with van der Waals surface area (Å²) in [5.41, 5.74) is 5.51. The Kier molecular flexibility index (Phi) is 13.0. The molecule has 1 rings (SSSR count). The number of aliphatic hydroxyl groups excluding tert-OH is 2. The fraction of sp³-hybridized carbons (Fsp3) is 1.00. The molecule has 0 spiro atoms. The molecule has 0 aromatic carbocycles. The van der Waals surface area contributed by atoms with E-state index in [4.69, 9.17) is 20.7 Å². The molecule has 1 atom stereocenters. The van der Waals surface area contributed by atoms with Crippen LogP contribution in [0.5, 0.6) is 0 Å². The lowest BCUT2D eigenvalue weighted by atomic mass is 10.1. The molecule has 0 aromatic heterocycles. The standard InChI is InChI=1S/C5H11NO.C2H6O2.CH4/c6-5-2-1-3-7-4-5;3-1-2-4;/h5H,1-4,6H2;3-4H,1-2H2;1H4. The van der Waals surface area contributed by atoms with Crippen molar-refractivity contribution >= 4 is 0 Å². The number of hydrogen-bond donors (Lipinski definition) is 3. The zero-order valence-corrected chi connectivity index (χ0v) is 6.70. The van der Waals surface area contributed by atoms with Gasteiger partial charge in [-0.15, -0.1) is 0 Å². The van der Waals surface area contributed by atoms with E-state index in [9.17, 15) is 0 Å². The normalized spacial score (nSPS) is 21.8. The summed E-state index contributed by atoms with van der Waals surface area (Å²) in [7, 11) is 0. The van der Waals surface area contributed by atoms with E-state index in [1.165, 1.54) is 0 Å². The largest absolute Gasteiger partial charge is 0.394 e. The van der Waals surface area contributed by atoms with Gasteiger partial charge >= 0.3 is 0 Å². The van der Waals surface area contributed by atoms with E-state index in [1.807, 2.05) is 0 Å². The molecule has 0 bridgehead atoms. The van der Waals surface area contributed by atoms with E-state index in [1.54, 1.807) is 0 Å². The molecule has 0 saturated carbocycles. The topological polar surface area (TPSA) is 75.7 Å². The predicted octanol–water partition coefficient (Wildman–Crippen LogP) is -0.269. The van der Waals surface area contributed by atoms with E-state index >= 15 is 0 Å². The Labute approximate surface area is 74.3 Å². The zero-order chi connectivity index (χ0) is 8.53. The lowest BCUT2D eigenvalue weighted by Crippen LogP contribution is -2.30. The third kappa shape index (κ3) is 9.84. The van der Waals surface area contributed by atoms with Crippen LogP contribution in [0.15, 0.2) is 0 Å². The predicted molar refractivity (Wildman–Crippen MR) is 48.9 cm³/mol. The molecule has 1 saturated heterocycles. The smallest absolute Gasteiger partial charge is 0.0662 e. The van der Waals surface area contributed by atoms with Crippen LogP contribution in [0, 0.1) is 0 Å². The molecule has 12 heavy (non-hydrogen) atoms. The van der Waals surface area contributed by atoms with E-state index in [0.717, 1.165) is 26.1 Å². The molecule has 76 valence electrons. The Morgan fingerprint density at radius 2 is 1.92 bits per heavy atom. The van der Waals surface area contributed by atoms with Crippen molar-refractivity contribution in [3.63, 3.8) is 0 Å². The first-order valence-electron chi connectivity index (χ1n) is 3.86. The summed E-state index contributed by atoms with van der Waals surface area (Å²) in [6, 6.07) is 0.314. The quantitative estimate of drug-likeness (QED) is 0.518. The highest BCUT2D eigenvalue weighted by Crippen LogP contribution is 2.01. The van der Waals surface area contributed by atoms with Crippen molar-refractivity contribution in [1.82, 2.24) is 0 Å². The average Bonchev–Trinajstić information content (AvgIpc) is 2.07. The number of ether oxygens (including phenoxy) is 1. The number of hydrogen-bond acceptors (Lipinski definition) is 4. The molecular weight excluding hydrogens is 158 g/mol. The summed E-state index contributed by atoms with van der Waals surface area (Å²) < 4.78 is 5.06. The van der Waals surface area contributed by atoms with Gasteiger partial charge in [-0.3, -0.25) is 0 Å². The molecule has 1 fully saturated rings. The molecule has 4 heteroatoms. The van der Waals surface area contributed by atoms with Crippen LogP contribution in [-0.2, 0) is 4.74 Å². The van der Waals surface area contributed by atoms with Gasteiger partial charge in [0.1, 0.15) is 0 Å². The Bertz CT molecular complexity index is 72.7. The van der Waals surface area contributed by atoms with Gasteiger partial charge in [0.15, 0.2) is 0 Å². The third-order valence-electron chi connectivity index (χ3n) is 1.30. The van der Waals surface area contributed by atoms with Gasteiger partial charge in [0.2, 0.25) is 0 Å². The van der Waals surface area contributed by atoms with Gasteiger partial charge in [0.25, 0.3) is 0 Å². The van der Waals surface area contributed by atoms with Crippen LogP contribution < -0.4 is 5.73 Å². The maximum Gasteiger partial charge on any atom is 0.0662 e. The van der Waals surface area contributed by atoms with Crippen LogP contribution in [0.4, 0.5) is 0 Å². The van der Waals surface area contributed by atoms with Crippen molar-refractivity contribution in [3.05, 3.63) is 0 Å². The maximum absolute atomic E-state index is 7.62. The minimum atomic E-state index is -0.125. The number of aliphatic hydroxyl groups is 2.